The lowest BCUT2D eigenvalue weighted by Crippen LogP contribution is -2.07. The van der Waals surface area contributed by atoms with E-state index in [1.165, 1.54) is 31.3 Å². The molecule has 0 aromatic heterocycles. The molecule has 0 bridgehead atoms. The molecule has 0 saturated heterocycles. The average molecular weight is 169 g/mol. The molecular weight excluding hydrogens is 146 g/mol. The molecule has 12 heavy (non-hydrogen) atoms. The molecule has 0 atom stereocenters. The Hall–Kier alpha value is -0.300. The highest BCUT2D eigenvalue weighted by molar-refractivity contribution is 4.94. The van der Waals surface area contributed by atoms with E-state index in [1.807, 2.05) is 7.05 Å². The van der Waals surface area contributed by atoms with Crippen LogP contribution in [0.2, 0.25) is 0 Å². The molecule has 0 heterocycles. The molecule has 0 aliphatic heterocycles. The maximum atomic E-state index is 4.07. The van der Waals surface area contributed by atoms with Crippen LogP contribution in [0.5, 0.6) is 0 Å². The minimum absolute atomic E-state index is 0.766. The van der Waals surface area contributed by atoms with Gasteiger partial charge in [-0.25, -0.2) is 0 Å². The predicted octanol–water partition coefficient (Wildman–Crippen LogP) is 2.98. The number of unbranched alkanes of at least 4 members (excludes halogenated alkanes) is 1. The van der Waals surface area contributed by atoms with Crippen molar-refractivity contribution in [3.8, 4) is 0 Å². The molecule has 0 aliphatic carbocycles. The average Bonchev–Trinajstić information content (AvgIpc) is 1.97. The van der Waals surface area contributed by atoms with Crippen LogP contribution in [-0.4, -0.2) is 13.6 Å². The van der Waals surface area contributed by atoms with E-state index in [9.17, 15) is 0 Å². The van der Waals surface area contributed by atoms with E-state index in [2.05, 4.69) is 25.7 Å². The fraction of sp³-hybridized carbons (Fsp3) is 0.818. The summed E-state index contributed by atoms with van der Waals surface area (Å²) in [6.07, 6.45) is 4.96. The second kappa shape index (κ2) is 7.35. The zero-order chi connectivity index (χ0) is 9.40. The van der Waals surface area contributed by atoms with Crippen molar-refractivity contribution in [2.75, 3.05) is 13.6 Å². The quantitative estimate of drug-likeness (QED) is 0.456. The van der Waals surface area contributed by atoms with Crippen molar-refractivity contribution >= 4 is 0 Å². The largest absolute Gasteiger partial charge is 0.320 e. The van der Waals surface area contributed by atoms with Crippen LogP contribution in [0, 0.1) is 5.92 Å². The molecule has 0 unspecified atom stereocenters. The van der Waals surface area contributed by atoms with Gasteiger partial charge in [0.25, 0.3) is 0 Å². The molecule has 1 N–H and O–H groups in total. The van der Waals surface area contributed by atoms with Crippen molar-refractivity contribution in [2.45, 2.75) is 39.5 Å². The fourth-order valence-electron chi connectivity index (χ4n) is 1.36. The fourth-order valence-corrected chi connectivity index (χ4v) is 1.36. The maximum Gasteiger partial charge on any atom is -0.00518 e. The number of hydrogen-bond acceptors (Lipinski definition) is 1. The lowest BCUT2D eigenvalue weighted by atomic mass is 10.00. The molecule has 0 amide bonds. The van der Waals surface area contributed by atoms with Gasteiger partial charge < -0.3 is 5.32 Å². The van der Waals surface area contributed by atoms with Gasteiger partial charge in [-0.05, 0) is 45.2 Å². The minimum Gasteiger partial charge on any atom is -0.320 e. The van der Waals surface area contributed by atoms with Gasteiger partial charge in [0, 0.05) is 0 Å². The second-order valence-electron chi connectivity index (χ2n) is 3.91. The number of rotatable bonds is 7. The Balaban J connectivity index is 3.20. The summed E-state index contributed by atoms with van der Waals surface area (Å²) in [5.74, 6) is 0.766. The predicted molar refractivity (Wildman–Crippen MR) is 56.4 cm³/mol. The second-order valence-corrected chi connectivity index (χ2v) is 3.91. The Morgan fingerprint density at radius 3 is 2.50 bits per heavy atom. The van der Waals surface area contributed by atoms with Crippen LogP contribution < -0.4 is 5.32 Å². The minimum atomic E-state index is 0.766. The summed E-state index contributed by atoms with van der Waals surface area (Å²) in [6.45, 7) is 9.70. The Bertz CT molecular complexity index is 116. The first-order valence-corrected chi connectivity index (χ1v) is 4.98. The SMILES string of the molecule is C=C(CCCCNC)CC(C)C. The first-order chi connectivity index (χ1) is 5.66. The molecule has 0 aliphatic rings. The Kier molecular flexibility index (Phi) is 7.17. The van der Waals surface area contributed by atoms with E-state index < -0.39 is 0 Å². The Morgan fingerprint density at radius 2 is 2.00 bits per heavy atom. The van der Waals surface area contributed by atoms with Crippen LogP contribution in [-0.2, 0) is 0 Å². The number of nitrogens with one attached hydrogen (secondary N) is 1. The lowest BCUT2D eigenvalue weighted by Gasteiger charge is -2.07. The molecule has 0 rings (SSSR count). The highest BCUT2D eigenvalue weighted by atomic mass is 14.8. The van der Waals surface area contributed by atoms with Crippen LogP contribution in [0.3, 0.4) is 0 Å². The van der Waals surface area contributed by atoms with Gasteiger partial charge in [0.15, 0.2) is 0 Å². The van der Waals surface area contributed by atoms with Gasteiger partial charge in [0.2, 0.25) is 0 Å². The maximum absolute atomic E-state index is 4.07. The van der Waals surface area contributed by atoms with E-state index >= 15 is 0 Å². The van der Waals surface area contributed by atoms with Crippen molar-refractivity contribution < 1.29 is 0 Å². The summed E-state index contributed by atoms with van der Waals surface area (Å²) in [5, 5.41) is 3.15. The van der Waals surface area contributed by atoms with Crippen molar-refractivity contribution in [3.05, 3.63) is 12.2 Å². The third-order valence-corrected chi connectivity index (χ3v) is 1.90. The Labute approximate surface area is 77.2 Å². The normalized spacial score (nSPS) is 10.7. The molecule has 0 spiro atoms. The third kappa shape index (κ3) is 7.80. The Morgan fingerprint density at radius 1 is 1.33 bits per heavy atom. The molecular formula is C11H23N. The third-order valence-electron chi connectivity index (χ3n) is 1.90. The van der Waals surface area contributed by atoms with Gasteiger partial charge in [-0.15, -0.1) is 0 Å². The number of allylic oxidation sites excluding steroid dienone is 1. The van der Waals surface area contributed by atoms with E-state index in [1.54, 1.807) is 0 Å². The van der Waals surface area contributed by atoms with E-state index in [4.69, 9.17) is 0 Å². The van der Waals surface area contributed by atoms with Crippen molar-refractivity contribution in [2.24, 2.45) is 5.92 Å². The van der Waals surface area contributed by atoms with Gasteiger partial charge in [0.05, 0.1) is 0 Å². The molecule has 0 fully saturated rings. The highest BCUT2D eigenvalue weighted by Gasteiger charge is 1.98. The van der Waals surface area contributed by atoms with Crippen molar-refractivity contribution in [1.29, 1.82) is 0 Å². The van der Waals surface area contributed by atoms with Gasteiger partial charge in [0.1, 0.15) is 0 Å². The molecule has 0 aromatic carbocycles. The summed E-state index contributed by atoms with van der Waals surface area (Å²) in [5.41, 5.74) is 1.42. The topological polar surface area (TPSA) is 12.0 Å². The molecule has 0 radical (unpaired) electrons. The summed E-state index contributed by atoms with van der Waals surface area (Å²) >= 11 is 0. The zero-order valence-electron chi connectivity index (χ0n) is 8.82. The van der Waals surface area contributed by atoms with Crippen molar-refractivity contribution in [3.63, 3.8) is 0 Å². The van der Waals surface area contributed by atoms with Crippen molar-refractivity contribution in [1.82, 2.24) is 5.32 Å². The summed E-state index contributed by atoms with van der Waals surface area (Å²) in [6, 6.07) is 0. The van der Waals surface area contributed by atoms with Gasteiger partial charge in [-0.2, -0.15) is 0 Å². The lowest BCUT2D eigenvalue weighted by molar-refractivity contribution is 0.603. The van der Waals surface area contributed by atoms with Gasteiger partial charge in [-0.3, -0.25) is 0 Å². The summed E-state index contributed by atoms with van der Waals surface area (Å²) in [7, 11) is 2.00. The highest BCUT2D eigenvalue weighted by Crippen LogP contribution is 2.14. The summed E-state index contributed by atoms with van der Waals surface area (Å²) in [4.78, 5) is 0. The van der Waals surface area contributed by atoms with E-state index in [0.717, 1.165) is 12.5 Å². The molecule has 1 nitrogen and oxygen atoms in total. The smallest absolute Gasteiger partial charge is 0.00518 e. The van der Waals surface area contributed by atoms with Crippen LogP contribution in [0.4, 0.5) is 0 Å². The molecule has 0 aromatic rings. The zero-order valence-corrected chi connectivity index (χ0v) is 8.82. The molecule has 72 valence electrons. The molecule has 1 heteroatoms. The van der Waals surface area contributed by atoms with Crippen LogP contribution in [0.25, 0.3) is 0 Å². The van der Waals surface area contributed by atoms with Crippen LogP contribution in [0.1, 0.15) is 39.5 Å². The van der Waals surface area contributed by atoms with Crippen LogP contribution in [0.15, 0.2) is 12.2 Å². The monoisotopic (exact) mass is 169 g/mol. The van der Waals surface area contributed by atoms with E-state index in [0.29, 0.717) is 0 Å². The summed E-state index contributed by atoms with van der Waals surface area (Å²) < 4.78 is 0. The van der Waals surface area contributed by atoms with Gasteiger partial charge >= 0.3 is 0 Å². The number of hydrogen-bond donors (Lipinski definition) is 1. The standard InChI is InChI=1S/C11H23N/c1-10(2)9-11(3)7-5-6-8-12-4/h10,12H,3,5-9H2,1-2,4H3. The van der Waals surface area contributed by atoms with Gasteiger partial charge in [-0.1, -0.05) is 26.0 Å². The first kappa shape index (κ1) is 11.7. The van der Waals surface area contributed by atoms with E-state index in [-0.39, 0.29) is 0 Å². The van der Waals surface area contributed by atoms with Crippen LogP contribution >= 0.6 is 0 Å². The first-order valence-electron chi connectivity index (χ1n) is 4.98. The molecule has 0 saturated carbocycles.